The molecule has 0 radical (unpaired) electrons. The first-order chi connectivity index (χ1) is 14.4. The van der Waals surface area contributed by atoms with Crippen LogP contribution in [0, 0.1) is 5.92 Å². The van der Waals surface area contributed by atoms with Gasteiger partial charge in [0.05, 0.1) is 17.6 Å². The van der Waals surface area contributed by atoms with Crippen molar-refractivity contribution >= 4 is 11.3 Å². The van der Waals surface area contributed by atoms with Crippen molar-refractivity contribution in [2.24, 2.45) is 5.92 Å². The van der Waals surface area contributed by atoms with E-state index in [1.165, 1.54) is 11.1 Å². The van der Waals surface area contributed by atoms with Crippen molar-refractivity contribution in [1.29, 1.82) is 0 Å². The van der Waals surface area contributed by atoms with Crippen molar-refractivity contribution in [2.75, 3.05) is 13.1 Å². The molecule has 0 aliphatic carbocycles. The van der Waals surface area contributed by atoms with E-state index in [0.717, 1.165) is 43.7 Å². The van der Waals surface area contributed by atoms with Crippen LogP contribution in [0.4, 0.5) is 0 Å². The van der Waals surface area contributed by atoms with E-state index in [0.29, 0.717) is 5.92 Å². The quantitative estimate of drug-likeness (QED) is 0.395. The van der Waals surface area contributed by atoms with Crippen LogP contribution in [0.1, 0.15) is 16.8 Å². The topological polar surface area (TPSA) is 42.7 Å². The molecule has 2 aromatic carbocycles. The van der Waals surface area contributed by atoms with E-state index in [-0.39, 0.29) is 0 Å². The minimum Gasteiger partial charge on any atom is -0.316 e. The van der Waals surface area contributed by atoms with E-state index in [1.807, 2.05) is 35.0 Å². The molecule has 0 saturated carbocycles. The van der Waals surface area contributed by atoms with Gasteiger partial charge in [0, 0.05) is 0 Å². The highest BCUT2D eigenvalue weighted by Gasteiger charge is 2.14. The van der Waals surface area contributed by atoms with Gasteiger partial charge in [-0.2, -0.15) is 11.3 Å². The molecule has 148 valence electrons. The average Bonchev–Trinajstić information content (AvgIpc) is 3.45. The van der Waals surface area contributed by atoms with Gasteiger partial charge < -0.3 is 5.32 Å². The van der Waals surface area contributed by atoms with Gasteiger partial charge in [0.2, 0.25) is 0 Å². The summed E-state index contributed by atoms with van der Waals surface area (Å²) in [6.45, 7) is 1.97. The molecule has 0 fully saturated rings. The number of benzene rings is 2. The smallest absolute Gasteiger partial charge is 0.0835 e. The van der Waals surface area contributed by atoms with Crippen LogP contribution < -0.4 is 5.32 Å². The monoisotopic (exact) mass is 402 g/mol. The van der Waals surface area contributed by atoms with E-state index in [2.05, 4.69) is 69.0 Å². The lowest BCUT2D eigenvalue weighted by atomic mass is 9.95. The zero-order chi connectivity index (χ0) is 19.7. The zero-order valence-electron chi connectivity index (χ0n) is 16.4. The maximum absolute atomic E-state index is 4.43. The fourth-order valence-electron chi connectivity index (χ4n) is 3.53. The van der Waals surface area contributed by atoms with E-state index >= 15 is 0 Å². The van der Waals surface area contributed by atoms with Gasteiger partial charge in [-0.1, -0.05) is 53.7 Å². The number of thiophene rings is 1. The first-order valence-electron chi connectivity index (χ1n) is 10.1. The molecule has 0 amide bonds. The fourth-order valence-corrected chi connectivity index (χ4v) is 4.24. The van der Waals surface area contributed by atoms with Crippen LogP contribution in [0.15, 0.2) is 83.7 Å². The summed E-state index contributed by atoms with van der Waals surface area (Å²) in [4.78, 5) is 0. The lowest BCUT2D eigenvalue weighted by molar-refractivity contribution is 0.468. The van der Waals surface area contributed by atoms with Gasteiger partial charge in [-0.15, -0.1) is 5.10 Å². The summed E-state index contributed by atoms with van der Waals surface area (Å²) in [5.74, 6) is 0.473. The summed E-state index contributed by atoms with van der Waals surface area (Å²) < 4.78 is 1.86. The summed E-state index contributed by atoms with van der Waals surface area (Å²) in [6, 6.07) is 23.1. The lowest BCUT2D eigenvalue weighted by Gasteiger charge is -2.17. The third-order valence-electron chi connectivity index (χ3n) is 5.03. The van der Waals surface area contributed by atoms with Gasteiger partial charge in [-0.25, -0.2) is 4.68 Å². The number of nitrogens with zero attached hydrogens (tertiary/aromatic N) is 3. The Balaban J connectivity index is 1.38. The van der Waals surface area contributed by atoms with Crippen molar-refractivity contribution in [3.05, 3.63) is 101 Å². The highest BCUT2D eigenvalue weighted by molar-refractivity contribution is 7.07. The van der Waals surface area contributed by atoms with E-state index in [9.17, 15) is 0 Å². The number of para-hydroxylation sites is 1. The number of nitrogens with one attached hydrogen (secondary N) is 1. The Kier molecular flexibility index (Phi) is 6.84. The van der Waals surface area contributed by atoms with Gasteiger partial charge in [0.1, 0.15) is 0 Å². The summed E-state index contributed by atoms with van der Waals surface area (Å²) in [5, 5.41) is 16.8. The predicted molar refractivity (Wildman–Crippen MR) is 120 cm³/mol. The molecule has 4 nitrogen and oxygen atoms in total. The van der Waals surface area contributed by atoms with Gasteiger partial charge in [-0.3, -0.25) is 0 Å². The second-order valence-electron chi connectivity index (χ2n) is 7.34. The molecule has 0 aliphatic heterocycles. The Labute approximate surface area is 176 Å². The second-order valence-corrected chi connectivity index (χ2v) is 8.12. The highest BCUT2D eigenvalue weighted by Crippen LogP contribution is 2.15. The molecule has 5 heteroatoms. The van der Waals surface area contributed by atoms with Crippen LogP contribution in [0.25, 0.3) is 5.69 Å². The molecule has 0 unspecified atom stereocenters. The van der Waals surface area contributed by atoms with Crippen LogP contribution in [-0.2, 0) is 19.3 Å². The van der Waals surface area contributed by atoms with Crippen molar-refractivity contribution in [2.45, 2.75) is 19.3 Å². The molecule has 4 aromatic rings. The number of aromatic nitrogens is 3. The Morgan fingerprint density at radius 2 is 1.69 bits per heavy atom. The van der Waals surface area contributed by atoms with Crippen LogP contribution in [-0.4, -0.2) is 28.1 Å². The minimum atomic E-state index is 0.473. The molecule has 0 aliphatic rings. The van der Waals surface area contributed by atoms with E-state index in [4.69, 9.17) is 0 Å². The molecule has 1 N–H and O–H groups in total. The fraction of sp³-hybridized carbons (Fsp3) is 0.250. The zero-order valence-corrected chi connectivity index (χ0v) is 17.3. The molecular weight excluding hydrogens is 376 g/mol. The van der Waals surface area contributed by atoms with Crippen molar-refractivity contribution in [3.8, 4) is 5.69 Å². The first-order valence-corrected chi connectivity index (χ1v) is 11.0. The molecular formula is C24H26N4S. The van der Waals surface area contributed by atoms with Crippen molar-refractivity contribution < 1.29 is 0 Å². The molecule has 0 saturated heterocycles. The number of hydrogen-bond donors (Lipinski definition) is 1. The number of rotatable bonds is 10. The minimum absolute atomic E-state index is 0.473. The molecule has 0 bridgehead atoms. The van der Waals surface area contributed by atoms with Crippen LogP contribution >= 0.6 is 11.3 Å². The number of hydrogen-bond acceptors (Lipinski definition) is 4. The first kappa shape index (κ1) is 19.6. The summed E-state index contributed by atoms with van der Waals surface area (Å²) in [5.41, 5.74) is 4.86. The largest absolute Gasteiger partial charge is 0.316 e. The SMILES string of the molecule is c1ccc(C[C@H](CNCCc2ccsc2)Cc2cn(-c3ccccc3)nn2)cc1. The second kappa shape index (κ2) is 10.1. The summed E-state index contributed by atoms with van der Waals surface area (Å²) in [6.07, 6.45) is 5.07. The summed E-state index contributed by atoms with van der Waals surface area (Å²) in [7, 11) is 0. The predicted octanol–water partition coefficient (Wildman–Crippen LogP) is 4.56. The van der Waals surface area contributed by atoms with Gasteiger partial charge in [0.25, 0.3) is 0 Å². The maximum atomic E-state index is 4.43. The normalized spacial score (nSPS) is 12.1. The van der Waals surface area contributed by atoms with Crippen molar-refractivity contribution in [3.63, 3.8) is 0 Å². The van der Waals surface area contributed by atoms with E-state index in [1.54, 1.807) is 11.3 Å². The van der Waals surface area contributed by atoms with E-state index < -0.39 is 0 Å². The molecule has 2 heterocycles. The highest BCUT2D eigenvalue weighted by atomic mass is 32.1. The molecule has 1 atom stereocenters. The average molecular weight is 403 g/mol. The molecule has 29 heavy (non-hydrogen) atoms. The Morgan fingerprint density at radius 3 is 2.45 bits per heavy atom. The molecule has 0 spiro atoms. The van der Waals surface area contributed by atoms with Crippen LogP contribution in [0.3, 0.4) is 0 Å². The Hall–Kier alpha value is -2.76. The van der Waals surface area contributed by atoms with Crippen LogP contribution in [0.5, 0.6) is 0 Å². The Bertz CT molecular complexity index is 965. The molecule has 4 rings (SSSR count). The molecule has 2 aromatic heterocycles. The Morgan fingerprint density at radius 1 is 0.897 bits per heavy atom. The summed E-state index contributed by atoms with van der Waals surface area (Å²) >= 11 is 1.76. The standard InChI is InChI=1S/C24H26N4S/c1-3-7-20(8-4-1)15-22(17-25-13-11-21-12-14-29-19-21)16-23-18-28(27-26-23)24-9-5-2-6-10-24/h1-10,12,14,18-19,22,25H,11,13,15-17H2/t22-/m0/s1. The third-order valence-corrected chi connectivity index (χ3v) is 5.76. The third kappa shape index (κ3) is 5.86. The van der Waals surface area contributed by atoms with Gasteiger partial charge in [-0.05, 0) is 78.4 Å². The lowest BCUT2D eigenvalue weighted by Crippen LogP contribution is -2.27. The maximum Gasteiger partial charge on any atom is 0.0835 e. The van der Waals surface area contributed by atoms with Gasteiger partial charge in [0.15, 0.2) is 0 Å². The van der Waals surface area contributed by atoms with Gasteiger partial charge >= 0.3 is 0 Å². The van der Waals surface area contributed by atoms with Crippen molar-refractivity contribution in [1.82, 2.24) is 20.3 Å². The van der Waals surface area contributed by atoms with Crippen LogP contribution in [0.2, 0.25) is 0 Å².